The van der Waals surface area contributed by atoms with Gasteiger partial charge in [0, 0.05) is 5.69 Å². The summed E-state index contributed by atoms with van der Waals surface area (Å²) >= 11 is 0. The van der Waals surface area contributed by atoms with Gasteiger partial charge in [0.2, 0.25) is 0 Å². The Morgan fingerprint density at radius 1 is 1.06 bits per heavy atom. The summed E-state index contributed by atoms with van der Waals surface area (Å²) in [4.78, 5) is 0. The van der Waals surface area contributed by atoms with Gasteiger partial charge in [-0.25, -0.2) is 0 Å². The molecule has 4 heteroatoms. The Morgan fingerprint density at radius 3 is 2.47 bits per heavy atom. The molecule has 4 nitrogen and oxygen atoms in total. The summed E-state index contributed by atoms with van der Waals surface area (Å²) in [5.41, 5.74) is 3.75. The van der Waals surface area contributed by atoms with Gasteiger partial charge in [0.1, 0.15) is 6.07 Å². The summed E-state index contributed by atoms with van der Waals surface area (Å²) in [5, 5.41) is 19.4. The molecule has 0 saturated heterocycles. The molecule has 0 saturated carbocycles. The average molecular weight is 224 g/mol. The van der Waals surface area contributed by atoms with Crippen LogP contribution < -0.4 is 5.32 Å². The standard InChI is InChI=1S/C13H12N4/c1-9-3-4-11(7-10(9)2)15-13-6-5-12(8-14)16-17-13/h3-7H,1-2H3,(H,15,17). The fraction of sp³-hybridized carbons (Fsp3) is 0.154. The van der Waals surface area contributed by atoms with Crippen LogP contribution in [0, 0.1) is 25.2 Å². The molecular formula is C13H12N4. The topological polar surface area (TPSA) is 61.6 Å². The maximum absolute atomic E-state index is 8.61. The summed E-state index contributed by atoms with van der Waals surface area (Å²) in [6.45, 7) is 4.13. The number of nitrogens with one attached hydrogen (secondary N) is 1. The molecular weight excluding hydrogens is 212 g/mol. The highest BCUT2D eigenvalue weighted by molar-refractivity contribution is 5.57. The summed E-state index contributed by atoms with van der Waals surface area (Å²) in [5.74, 6) is 0.632. The van der Waals surface area contributed by atoms with Crippen LogP contribution in [-0.2, 0) is 0 Å². The predicted molar refractivity (Wildman–Crippen MR) is 65.9 cm³/mol. The molecule has 0 aliphatic carbocycles. The first-order chi connectivity index (χ1) is 8.19. The Kier molecular flexibility index (Phi) is 3.01. The lowest BCUT2D eigenvalue weighted by Crippen LogP contribution is -1.97. The molecule has 0 atom stereocenters. The van der Waals surface area contributed by atoms with E-state index in [1.165, 1.54) is 11.1 Å². The van der Waals surface area contributed by atoms with Gasteiger partial charge in [-0.05, 0) is 49.2 Å². The van der Waals surface area contributed by atoms with Crippen molar-refractivity contribution in [1.29, 1.82) is 5.26 Å². The highest BCUT2D eigenvalue weighted by Gasteiger charge is 1.99. The number of nitriles is 1. The van der Waals surface area contributed by atoms with E-state index in [1.54, 1.807) is 12.1 Å². The van der Waals surface area contributed by atoms with E-state index in [9.17, 15) is 0 Å². The summed E-state index contributed by atoms with van der Waals surface area (Å²) in [6.07, 6.45) is 0. The van der Waals surface area contributed by atoms with Crippen molar-refractivity contribution in [3.8, 4) is 6.07 Å². The fourth-order valence-electron chi connectivity index (χ4n) is 1.43. The Bertz CT molecular complexity index is 567. The second-order valence-electron chi connectivity index (χ2n) is 3.84. The van der Waals surface area contributed by atoms with Crippen molar-refractivity contribution in [3.05, 3.63) is 47.2 Å². The number of anilines is 2. The quantitative estimate of drug-likeness (QED) is 0.851. The van der Waals surface area contributed by atoms with Crippen LogP contribution >= 0.6 is 0 Å². The number of aryl methyl sites for hydroxylation is 2. The van der Waals surface area contributed by atoms with Gasteiger partial charge in [0.25, 0.3) is 0 Å². The monoisotopic (exact) mass is 224 g/mol. The van der Waals surface area contributed by atoms with Crippen molar-refractivity contribution in [2.24, 2.45) is 0 Å². The summed E-state index contributed by atoms with van der Waals surface area (Å²) in [6, 6.07) is 11.4. The molecule has 0 bridgehead atoms. The smallest absolute Gasteiger partial charge is 0.163 e. The zero-order chi connectivity index (χ0) is 12.3. The minimum absolute atomic E-state index is 0.315. The molecule has 0 aliphatic rings. The molecule has 0 amide bonds. The van der Waals surface area contributed by atoms with Crippen molar-refractivity contribution in [2.45, 2.75) is 13.8 Å². The van der Waals surface area contributed by atoms with Gasteiger partial charge in [0.05, 0.1) is 0 Å². The first kappa shape index (κ1) is 11.1. The van der Waals surface area contributed by atoms with E-state index in [-0.39, 0.29) is 0 Å². The Morgan fingerprint density at radius 2 is 1.88 bits per heavy atom. The third kappa shape index (κ3) is 2.58. The highest BCUT2D eigenvalue weighted by atomic mass is 15.2. The zero-order valence-electron chi connectivity index (χ0n) is 9.73. The predicted octanol–water partition coefficient (Wildman–Crippen LogP) is 2.71. The third-order valence-corrected chi connectivity index (χ3v) is 2.56. The van der Waals surface area contributed by atoms with Crippen LogP contribution in [-0.4, -0.2) is 10.2 Å². The van der Waals surface area contributed by atoms with Crippen LogP contribution in [0.3, 0.4) is 0 Å². The molecule has 1 heterocycles. The number of benzene rings is 1. The molecule has 1 aromatic carbocycles. The van der Waals surface area contributed by atoms with E-state index in [4.69, 9.17) is 5.26 Å². The molecule has 17 heavy (non-hydrogen) atoms. The summed E-state index contributed by atoms with van der Waals surface area (Å²) < 4.78 is 0. The van der Waals surface area contributed by atoms with Crippen molar-refractivity contribution >= 4 is 11.5 Å². The number of hydrogen-bond donors (Lipinski definition) is 1. The van der Waals surface area contributed by atoms with Crippen LogP contribution in [0.4, 0.5) is 11.5 Å². The van der Waals surface area contributed by atoms with Crippen LogP contribution in [0.25, 0.3) is 0 Å². The molecule has 0 aliphatic heterocycles. The lowest BCUT2D eigenvalue weighted by atomic mass is 10.1. The molecule has 2 rings (SSSR count). The van der Waals surface area contributed by atoms with Crippen LogP contribution in [0.1, 0.15) is 16.8 Å². The van der Waals surface area contributed by atoms with E-state index in [2.05, 4.69) is 41.5 Å². The minimum Gasteiger partial charge on any atom is -0.339 e. The van der Waals surface area contributed by atoms with Crippen LogP contribution in [0.15, 0.2) is 30.3 Å². The number of hydrogen-bond acceptors (Lipinski definition) is 4. The molecule has 0 radical (unpaired) electrons. The minimum atomic E-state index is 0.315. The maximum atomic E-state index is 8.61. The van der Waals surface area contributed by atoms with Crippen molar-refractivity contribution in [2.75, 3.05) is 5.32 Å². The lowest BCUT2D eigenvalue weighted by Gasteiger charge is -2.07. The summed E-state index contributed by atoms with van der Waals surface area (Å²) in [7, 11) is 0. The molecule has 1 N–H and O–H groups in total. The van der Waals surface area contributed by atoms with Gasteiger partial charge < -0.3 is 5.32 Å². The van der Waals surface area contributed by atoms with Crippen molar-refractivity contribution in [3.63, 3.8) is 0 Å². The van der Waals surface area contributed by atoms with Gasteiger partial charge in [-0.2, -0.15) is 5.26 Å². The van der Waals surface area contributed by atoms with Gasteiger partial charge in [-0.3, -0.25) is 0 Å². The fourth-order valence-corrected chi connectivity index (χ4v) is 1.43. The van der Waals surface area contributed by atoms with E-state index in [1.807, 2.05) is 12.1 Å². The molecule has 1 aromatic heterocycles. The first-order valence-electron chi connectivity index (χ1n) is 5.27. The Labute approximate surface area is 99.9 Å². The third-order valence-electron chi connectivity index (χ3n) is 2.56. The molecule has 84 valence electrons. The van der Waals surface area contributed by atoms with Crippen molar-refractivity contribution < 1.29 is 0 Å². The number of nitrogens with zero attached hydrogens (tertiary/aromatic N) is 3. The molecule has 2 aromatic rings. The SMILES string of the molecule is Cc1ccc(Nc2ccc(C#N)nn2)cc1C. The Balaban J connectivity index is 2.20. The normalized spacial score (nSPS) is 9.71. The van der Waals surface area contributed by atoms with E-state index in [0.29, 0.717) is 11.5 Å². The first-order valence-corrected chi connectivity index (χ1v) is 5.27. The van der Waals surface area contributed by atoms with Crippen molar-refractivity contribution in [1.82, 2.24) is 10.2 Å². The van der Waals surface area contributed by atoms with E-state index < -0.39 is 0 Å². The average Bonchev–Trinajstić information content (AvgIpc) is 2.35. The second-order valence-corrected chi connectivity index (χ2v) is 3.84. The Hall–Kier alpha value is -2.41. The van der Waals surface area contributed by atoms with E-state index >= 15 is 0 Å². The van der Waals surface area contributed by atoms with Crippen LogP contribution in [0.5, 0.6) is 0 Å². The van der Waals surface area contributed by atoms with Gasteiger partial charge in [-0.1, -0.05) is 6.07 Å². The van der Waals surface area contributed by atoms with Crippen LogP contribution in [0.2, 0.25) is 0 Å². The molecule has 0 spiro atoms. The van der Waals surface area contributed by atoms with Gasteiger partial charge >= 0.3 is 0 Å². The largest absolute Gasteiger partial charge is 0.339 e. The van der Waals surface area contributed by atoms with E-state index in [0.717, 1.165) is 5.69 Å². The molecule has 0 fully saturated rings. The lowest BCUT2D eigenvalue weighted by molar-refractivity contribution is 1.01. The zero-order valence-corrected chi connectivity index (χ0v) is 9.73. The number of aromatic nitrogens is 2. The maximum Gasteiger partial charge on any atom is 0.163 e. The number of rotatable bonds is 2. The van der Waals surface area contributed by atoms with Gasteiger partial charge in [0.15, 0.2) is 11.5 Å². The highest BCUT2D eigenvalue weighted by Crippen LogP contribution is 2.17. The molecule has 0 unspecified atom stereocenters. The van der Waals surface area contributed by atoms with Gasteiger partial charge in [-0.15, -0.1) is 10.2 Å². The second kappa shape index (κ2) is 4.62.